The minimum atomic E-state index is -0.275. The van der Waals surface area contributed by atoms with Gasteiger partial charge in [0.05, 0.1) is 29.1 Å². The Morgan fingerprint density at radius 2 is 2.19 bits per heavy atom. The highest BCUT2D eigenvalue weighted by molar-refractivity contribution is 6.20. The highest BCUT2D eigenvalue weighted by Gasteiger charge is 2.18. The topological polar surface area (TPSA) is 27.1 Å². The van der Waals surface area contributed by atoms with E-state index in [1.807, 2.05) is 11.5 Å². The molecule has 0 radical (unpaired) electrons. The summed E-state index contributed by atoms with van der Waals surface area (Å²) >= 11 is 6.21. The number of ether oxygens (including phenoxy) is 1. The smallest absolute Gasteiger partial charge is 0.127 e. The Morgan fingerprint density at radius 3 is 2.90 bits per heavy atom. The molecule has 114 valence electrons. The zero-order chi connectivity index (χ0) is 14.8. The minimum Gasteiger partial charge on any atom is -0.376 e. The molecular formula is C16H20ClFN2O. The molecule has 3 nitrogen and oxygen atoms in total. The predicted octanol–water partition coefficient (Wildman–Crippen LogP) is 4.43. The summed E-state index contributed by atoms with van der Waals surface area (Å²) in [4.78, 5) is 4.46. The van der Waals surface area contributed by atoms with Crippen LogP contribution in [0.1, 0.15) is 43.8 Å². The van der Waals surface area contributed by atoms with Gasteiger partial charge in [-0.05, 0) is 31.9 Å². The maximum atomic E-state index is 13.3. The van der Waals surface area contributed by atoms with E-state index in [-0.39, 0.29) is 11.2 Å². The van der Waals surface area contributed by atoms with E-state index in [0.717, 1.165) is 24.2 Å². The van der Waals surface area contributed by atoms with Crippen molar-refractivity contribution in [1.29, 1.82) is 0 Å². The molecule has 1 aliphatic carbocycles. The molecule has 1 unspecified atom stereocenters. The molecular weight excluding hydrogens is 291 g/mol. The van der Waals surface area contributed by atoms with Gasteiger partial charge in [0.15, 0.2) is 0 Å². The van der Waals surface area contributed by atoms with Gasteiger partial charge in [0, 0.05) is 12.6 Å². The molecule has 0 N–H and O–H groups in total. The first kappa shape index (κ1) is 14.8. The standard InChI is InChI=1S/C16H20ClFN2O/c1-11(17)16-19-14-10-12(18)6-7-15(14)20(16)8-9-21-13-4-2-3-5-13/h6-7,10-11,13H,2-5,8-9H2,1H3. The third-order valence-corrected chi connectivity index (χ3v) is 4.26. The zero-order valence-corrected chi connectivity index (χ0v) is 12.9. The summed E-state index contributed by atoms with van der Waals surface area (Å²) in [6.07, 6.45) is 5.25. The fourth-order valence-electron chi connectivity index (χ4n) is 3.03. The Kier molecular flexibility index (Phi) is 4.45. The third-order valence-electron chi connectivity index (χ3n) is 4.07. The summed E-state index contributed by atoms with van der Waals surface area (Å²) < 4.78 is 21.3. The van der Waals surface area contributed by atoms with Crippen LogP contribution in [0.4, 0.5) is 4.39 Å². The van der Waals surface area contributed by atoms with Gasteiger partial charge in [0.2, 0.25) is 0 Å². The summed E-state index contributed by atoms with van der Waals surface area (Å²) in [5.41, 5.74) is 1.56. The molecule has 1 aromatic carbocycles. The number of imidazole rings is 1. The van der Waals surface area contributed by atoms with Gasteiger partial charge in [-0.3, -0.25) is 0 Å². The fourth-order valence-corrected chi connectivity index (χ4v) is 3.19. The maximum Gasteiger partial charge on any atom is 0.127 e. The Morgan fingerprint density at radius 1 is 1.43 bits per heavy atom. The van der Waals surface area contributed by atoms with Crippen LogP contribution in [0.3, 0.4) is 0 Å². The van der Waals surface area contributed by atoms with Crippen molar-refractivity contribution in [3.8, 4) is 0 Å². The van der Waals surface area contributed by atoms with Crippen LogP contribution in [0.5, 0.6) is 0 Å². The molecule has 0 saturated heterocycles. The minimum absolute atomic E-state index is 0.216. The molecule has 5 heteroatoms. The first-order chi connectivity index (χ1) is 10.1. The van der Waals surface area contributed by atoms with E-state index >= 15 is 0 Å². The van der Waals surface area contributed by atoms with Crippen molar-refractivity contribution in [3.63, 3.8) is 0 Å². The van der Waals surface area contributed by atoms with Crippen LogP contribution >= 0.6 is 11.6 Å². The maximum absolute atomic E-state index is 13.3. The van der Waals surface area contributed by atoms with Crippen molar-refractivity contribution in [1.82, 2.24) is 9.55 Å². The third kappa shape index (κ3) is 3.22. The lowest BCUT2D eigenvalue weighted by molar-refractivity contribution is 0.0531. The number of fused-ring (bicyclic) bond motifs is 1. The van der Waals surface area contributed by atoms with Gasteiger partial charge >= 0.3 is 0 Å². The van der Waals surface area contributed by atoms with Crippen molar-refractivity contribution in [2.24, 2.45) is 0 Å². The van der Waals surface area contributed by atoms with Crippen LogP contribution in [0, 0.1) is 5.82 Å². The van der Waals surface area contributed by atoms with E-state index in [1.54, 1.807) is 6.07 Å². The molecule has 0 aliphatic heterocycles. The van der Waals surface area contributed by atoms with Gasteiger partial charge in [0.1, 0.15) is 11.6 Å². The molecule has 1 saturated carbocycles. The number of aromatic nitrogens is 2. The first-order valence-electron chi connectivity index (χ1n) is 7.56. The summed E-state index contributed by atoms with van der Waals surface area (Å²) in [5, 5.41) is -0.216. The van der Waals surface area contributed by atoms with Gasteiger partial charge in [-0.25, -0.2) is 9.37 Å². The molecule has 3 rings (SSSR count). The number of alkyl halides is 1. The van der Waals surface area contributed by atoms with Crippen molar-refractivity contribution in [2.75, 3.05) is 6.61 Å². The van der Waals surface area contributed by atoms with E-state index in [2.05, 4.69) is 4.98 Å². The van der Waals surface area contributed by atoms with Crippen molar-refractivity contribution in [3.05, 3.63) is 29.8 Å². The van der Waals surface area contributed by atoms with Crippen LogP contribution in [-0.4, -0.2) is 22.3 Å². The molecule has 1 aliphatic rings. The molecule has 1 atom stereocenters. The van der Waals surface area contributed by atoms with Crippen LogP contribution in [-0.2, 0) is 11.3 Å². The molecule has 2 aromatic rings. The van der Waals surface area contributed by atoms with E-state index in [0.29, 0.717) is 24.8 Å². The van der Waals surface area contributed by atoms with Gasteiger partial charge in [-0.15, -0.1) is 11.6 Å². The zero-order valence-electron chi connectivity index (χ0n) is 12.2. The number of rotatable bonds is 5. The molecule has 21 heavy (non-hydrogen) atoms. The molecule has 0 spiro atoms. The Hall–Kier alpha value is -1.13. The van der Waals surface area contributed by atoms with Gasteiger partial charge in [0.25, 0.3) is 0 Å². The summed E-state index contributed by atoms with van der Waals surface area (Å²) in [6, 6.07) is 4.67. The summed E-state index contributed by atoms with van der Waals surface area (Å²) in [6.45, 7) is 3.22. The second-order valence-corrected chi connectivity index (χ2v) is 6.30. The monoisotopic (exact) mass is 310 g/mol. The first-order valence-corrected chi connectivity index (χ1v) is 8.00. The van der Waals surface area contributed by atoms with Crippen molar-refractivity contribution >= 4 is 22.6 Å². The number of hydrogen-bond donors (Lipinski definition) is 0. The number of hydrogen-bond acceptors (Lipinski definition) is 2. The molecule has 0 amide bonds. The second kappa shape index (κ2) is 6.32. The quantitative estimate of drug-likeness (QED) is 0.764. The van der Waals surface area contributed by atoms with E-state index in [1.165, 1.54) is 25.0 Å². The van der Waals surface area contributed by atoms with Crippen LogP contribution < -0.4 is 0 Å². The normalized spacial score (nSPS) is 17.7. The Bertz CT molecular complexity index is 620. The molecule has 1 heterocycles. The summed E-state index contributed by atoms with van der Waals surface area (Å²) in [5.74, 6) is 0.496. The summed E-state index contributed by atoms with van der Waals surface area (Å²) in [7, 11) is 0. The molecule has 1 aromatic heterocycles. The van der Waals surface area contributed by atoms with E-state index < -0.39 is 0 Å². The highest BCUT2D eigenvalue weighted by Crippen LogP contribution is 2.26. The van der Waals surface area contributed by atoms with Crippen LogP contribution in [0.25, 0.3) is 11.0 Å². The largest absolute Gasteiger partial charge is 0.376 e. The lowest BCUT2D eigenvalue weighted by atomic mass is 10.3. The number of benzene rings is 1. The van der Waals surface area contributed by atoms with Gasteiger partial charge in [-0.2, -0.15) is 0 Å². The molecule has 1 fully saturated rings. The van der Waals surface area contributed by atoms with Gasteiger partial charge < -0.3 is 9.30 Å². The predicted molar refractivity (Wildman–Crippen MR) is 82.2 cm³/mol. The average molecular weight is 311 g/mol. The Balaban J connectivity index is 1.79. The SMILES string of the molecule is CC(Cl)c1nc2cc(F)ccc2n1CCOC1CCCC1. The van der Waals surface area contributed by atoms with Crippen molar-refractivity contribution < 1.29 is 9.13 Å². The lowest BCUT2D eigenvalue weighted by Crippen LogP contribution is -2.14. The van der Waals surface area contributed by atoms with E-state index in [4.69, 9.17) is 16.3 Å². The number of nitrogens with zero attached hydrogens (tertiary/aromatic N) is 2. The van der Waals surface area contributed by atoms with Gasteiger partial charge in [-0.1, -0.05) is 12.8 Å². The lowest BCUT2D eigenvalue weighted by Gasteiger charge is -2.14. The van der Waals surface area contributed by atoms with Crippen LogP contribution in [0.2, 0.25) is 0 Å². The highest BCUT2D eigenvalue weighted by atomic mass is 35.5. The fraction of sp³-hybridized carbons (Fsp3) is 0.562. The number of halogens is 2. The van der Waals surface area contributed by atoms with Crippen molar-refractivity contribution in [2.45, 2.75) is 50.6 Å². The average Bonchev–Trinajstić information content (AvgIpc) is 3.06. The second-order valence-electron chi connectivity index (χ2n) is 5.65. The van der Waals surface area contributed by atoms with Crippen LogP contribution in [0.15, 0.2) is 18.2 Å². The molecule has 0 bridgehead atoms. The Labute approximate surface area is 129 Å². The van der Waals surface area contributed by atoms with E-state index in [9.17, 15) is 4.39 Å².